The van der Waals surface area contributed by atoms with Gasteiger partial charge in [-0.15, -0.1) is 0 Å². The number of rotatable bonds is 5. The number of hydrogen-bond acceptors (Lipinski definition) is 4. The lowest BCUT2D eigenvalue weighted by molar-refractivity contribution is 0.390. The molecule has 1 aromatic heterocycles. The van der Waals surface area contributed by atoms with Crippen LogP contribution in [0.5, 0.6) is 0 Å². The maximum absolute atomic E-state index is 12.7. The van der Waals surface area contributed by atoms with E-state index in [9.17, 15) is 13.2 Å². The summed E-state index contributed by atoms with van der Waals surface area (Å²) in [6, 6.07) is 17.3. The van der Waals surface area contributed by atoms with Crippen LogP contribution in [0.15, 0.2) is 64.8 Å². The molecule has 1 aliphatic heterocycles. The smallest absolute Gasteiger partial charge is 0.255 e. The van der Waals surface area contributed by atoms with E-state index in [1.54, 1.807) is 6.08 Å². The number of benzene rings is 2. The molecule has 3 aromatic rings. The highest BCUT2D eigenvalue weighted by molar-refractivity contribution is 7.92. The summed E-state index contributed by atoms with van der Waals surface area (Å²) in [4.78, 5) is 20.1. The van der Waals surface area contributed by atoms with Gasteiger partial charge in [-0.2, -0.15) is 4.31 Å². The molecule has 0 amide bonds. The zero-order valence-electron chi connectivity index (χ0n) is 16.7. The zero-order valence-corrected chi connectivity index (χ0v) is 17.5. The van der Waals surface area contributed by atoms with Crippen molar-refractivity contribution < 1.29 is 8.42 Å². The molecule has 0 atom stereocenters. The van der Waals surface area contributed by atoms with Crippen molar-refractivity contribution in [2.24, 2.45) is 0 Å². The van der Waals surface area contributed by atoms with E-state index in [2.05, 4.69) is 16.0 Å². The summed E-state index contributed by atoms with van der Waals surface area (Å²) >= 11 is 0. The molecule has 0 saturated heterocycles. The highest BCUT2D eigenvalue weighted by Crippen LogP contribution is 2.19. The van der Waals surface area contributed by atoms with Crippen molar-refractivity contribution in [3.05, 3.63) is 104 Å². The van der Waals surface area contributed by atoms with Crippen molar-refractivity contribution in [2.75, 3.05) is 6.54 Å². The van der Waals surface area contributed by atoms with Crippen LogP contribution in [0.2, 0.25) is 0 Å². The summed E-state index contributed by atoms with van der Waals surface area (Å²) in [6.07, 6.45) is 2.52. The Labute approximate surface area is 176 Å². The fourth-order valence-corrected chi connectivity index (χ4v) is 4.74. The van der Waals surface area contributed by atoms with Crippen LogP contribution in [0.3, 0.4) is 0 Å². The first kappa shape index (κ1) is 20.3. The third-order valence-electron chi connectivity index (χ3n) is 5.13. The van der Waals surface area contributed by atoms with Gasteiger partial charge in [0.1, 0.15) is 5.82 Å². The molecule has 0 unspecified atom stereocenters. The molecule has 0 bridgehead atoms. The number of fused-ring (bicyclic) bond motifs is 1. The summed E-state index contributed by atoms with van der Waals surface area (Å²) in [5, 5.41) is 1.20. The lowest BCUT2D eigenvalue weighted by atomic mass is 10.1. The second-order valence-corrected chi connectivity index (χ2v) is 9.26. The highest BCUT2D eigenvalue weighted by atomic mass is 32.2. The summed E-state index contributed by atoms with van der Waals surface area (Å²) in [6.45, 7) is 2.35. The number of hydrogen-bond donors (Lipinski definition) is 1. The van der Waals surface area contributed by atoms with Crippen LogP contribution in [0.4, 0.5) is 0 Å². The molecule has 2 heterocycles. The van der Waals surface area contributed by atoms with Gasteiger partial charge in [0.15, 0.2) is 0 Å². The lowest BCUT2D eigenvalue weighted by Gasteiger charge is -2.25. The van der Waals surface area contributed by atoms with E-state index in [0.29, 0.717) is 36.5 Å². The number of nitrogens with zero attached hydrogens (tertiary/aromatic N) is 2. The molecule has 1 aliphatic rings. The Morgan fingerprint density at radius 2 is 1.93 bits per heavy atom. The standard InChI is InChI=1S/C23H23N3O3S/c1-17-6-5-9-19(14-17)15-22-24-21-10-12-26(16-20(21)23(27)25-22)30(28,29)13-11-18-7-3-2-4-8-18/h2-9,11,13-14H,10,12,15-16H2,1H3,(H,24,25,27). The normalized spacial score (nSPS) is 14.7. The van der Waals surface area contributed by atoms with Crippen LogP contribution in [-0.2, 0) is 29.4 Å². The van der Waals surface area contributed by atoms with E-state index >= 15 is 0 Å². The summed E-state index contributed by atoms with van der Waals surface area (Å²) in [7, 11) is -3.63. The fourth-order valence-electron chi connectivity index (χ4n) is 3.58. The first-order valence-electron chi connectivity index (χ1n) is 9.80. The van der Waals surface area contributed by atoms with Gasteiger partial charge in [0, 0.05) is 31.3 Å². The SMILES string of the molecule is Cc1cccc(Cc2nc3c(c(=O)[nH]2)CN(S(=O)(=O)C=Cc2ccccc2)CC3)c1. The number of H-pyrrole nitrogens is 1. The molecule has 0 fully saturated rings. The third-order valence-corrected chi connectivity index (χ3v) is 6.64. The molecule has 2 aromatic carbocycles. The van der Waals surface area contributed by atoms with E-state index in [0.717, 1.165) is 16.7 Å². The van der Waals surface area contributed by atoms with E-state index < -0.39 is 10.0 Å². The second kappa shape index (κ2) is 8.38. The van der Waals surface area contributed by atoms with Crippen LogP contribution in [0.1, 0.15) is 33.8 Å². The molecule has 0 spiro atoms. The minimum atomic E-state index is -3.63. The second-order valence-electron chi connectivity index (χ2n) is 7.45. The molecule has 6 nitrogen and oxygen atoms in total. The van der Waals surface area contributed by atoms with Crippen LogP contribution in [0, 0.1) is 6.92 Å². The summed E-state index contributed by atoms with van der Waals surface area (Å²) in [5.41, 5.74) is 3.86. The first-order valence-corrected chi connectivity index (χ1v) is 11.3. The Balaban J connectivity index is 1.54. The molecule has 0 aliphatic carbocycles. The van der Waals surface area contributed by atoms with Gasteiger partial charge in [-0.05, 0) is 24.1 Å². The number of nitrogens with one attached hydrogen (secondary N) is 1. The van der Waals surface area contributed by atoms with E-state index in [-0.39, 0.29) is 12.1 Å². The van der Waals surface area contributed by atoms with Crippen molar-refractivity contribution in [1.82, 2.24) is 14.3 Å². The number of aromatic amines is 1. The zero-order chi connectivity index (χ0) is 21.1. The molecule has 154 valence electrons. The van der Waals surface area contributed by atoms with Gasteiger partial charge >= 0.3 is 0 Å². The van der Waals surface area contributed by atoms with Gasteiger partial charge in [0.2, 0.25) is 10.0 Å². The summed E-state index contributed by atoms with van der Waals surface area (Å²) < 4.78 is 26.8. The van der Waals surface area contributed by atoms with Gasteiger partial charge in [0.05, 0.1) is 11.3 Å². The van der Waals surface area contributed by atoms with Crippen molar-refractivity contribution >= 4 is 16.1 Å². The third kappa shape index (κ3) is 4.58. The van der Waals surface area contributed by atoms with Gasteiger partial charge in [-0.3, -0.25) is 4.79 Å². The Morgan fingerprint density at radius 3 is 2.70 bits per heavy atom. The molecular formula is C23H23N3O3S. The van der Waals surface area contributed by atoms with Crippen molar-refractivity contribution in [1.29, 1.82) is 0 Å². The quantitative estimate of drug-likeness (QED) is 0.686. The lowest BCUT2D eigenvalue weighted by Crippen LogP contribution is -2.39. The van der Waals surface area contributed by atoms with Gasteiger partial charge in [-0.25, -0.2) is 13.4 Å². The molecule has 0 saturated carbocycles. The number of aryl methyl sites for hydroxylation is 1. The average Bonchev–Trinajstić information content (AvgIpc) is 2.73. The van der Waals surface area contributed by atoms with Crippen molar-refractivity contribution in [2.45, 2.75) is 26.3 Å². The van der Waals surface area contributed by atoms with Crippen molar-refractivity contribution in [3.63, 3.8) is 0 Å². The van der Waals surface area contributed by atoms with Gasteiger partial charge in [0.25, 0.3) is 5.56 Å². The maximum atomic E-state index is 12.7. The Hall–Kier alpha value is -3.03. The largest absolute Gasteiger partial charge is 0.310 e. The van der Waals surface area contributed by atoms with Gasteiger partial charge in [-0.1, -0.05) is 60.2 Å². The predicted molar refractivity (Wildman–Crippen MR) is 117 cm³/mol. The molecular weight excluding hydrogens is 398 g/mol. The first-order chi connectivity index (χ1) is 14.4. The summed E-state index contributed by atoms with van der Waals surface area (Å²) in [5.74, 6) is 0.602. The topological polar surface area (TPSA) is 83.1 Å². The Kier molecular flexibility index (Phi) is 5.65. The van der Waals surface area contributed by atoms with Crippen LogP contribution in [-0.4, -0.2) is 29.2 Å². The minimum absolute atomic E-state index is 0.0316. The van der Waals surface area contributed by atoms with Crippen molar-refractivity contribution in [3.8, 4) is 0 Å². The molecule has 0 radical (unpaired) electrons. The van der Waals surface area contributed by atoms with E-state index in [4.69, 9.17) is 0 Å². The Morgan fingerprint density at radius 1 is 1.13 bits per heavy atom. The highest BCUT2D eigenvalue weighted by Gasteiger charge is 2.27. The molecule has 1 N–H and O–H groups in total. The monoisotopic (exact) mass is 421 g/mol. The number of sulfonamides is 1. The van der Waals surface area contributed by atoms with Crippen LogP contribution in [0.25, 0.3) is 6.08 Å². The average molecular weight is 422 g/mol. The van der Waals surface area contributed by atoms with E-state index in [1.165, 1.54) is 9.71 Å². The van der Waals surface area contributed by atoms with Crippen LogP contribution >= 0.6 is 0 Å². The number of aromatic nitrogens is 2. The molecule has 30 heavy (non-hydrogen) atoms. The molecule has 4 rings (SSSR count). The predicted octanol–water partition coefficient (Wildman–Crippen LogP) is 3.03. The minimum Gasteiger partial charge on any atom is -0.310 e. The fraction of sp³-hybridized carbons (Fsp3) is 0.217. The maximum Gasteiger partial charge on any atom is 0.255 e. The Bertz CT molecular complexity index is 1250. The van der Waals surface area contributed by atoms with Gasteiger partial charge < -0.3 is 4.98 Å². The molecule has 7 heteroatoms. The van der Waals surface area contributed by atoms with E-state index in [1.807, 2.05) is 55.5 Å². The van der Waals surface area contributed by atoms with Crippen LogP contribution < -0.4 is 5.56 Å².